The normalized spacial score (nSPS) is 11.2. The summed E-state index contributed by atoms with van der Waals surface area (Å²) in [5, 5.41) is 0. The molecule has 4 N–H and O–H groups in total. The molecule has 0 radical (unpaired) electrons. The first-order chi connectivity index (χ1) is 13.7. The highest BCUT2D eigenvalue weighted by atomic mass is 32.2. The van der Waals surface area contributed by atoms with E-state index in [9.17, 15) is 4.21 Å². The summed E-state index contributed by atoms with van der Waals surface area (Å²) in [7, 11) is -0.650. The Morgan fingerprint density at radius 2 is 0.964 bits per heavy atom. The number of hydrogen-bond donors (Lipinski definition) is 2. The van der Waals surface area contributed by atoms with Gasteiger partial charge in [-0.25, -0.2) is 0 Å². The molecule has 2 aromatic carbocycles. The Morgan fingerprint density at radius 3 is 1.39 bits per heavy atom. The van der Waals surface area contributed by atoms with Gasteiger partial charge in [-0.1, -0.05) is 62.1 Å². The van der Waals surface area contributed by atoms with Crippen LogP contribution in [0.5, 0.6) is 0 Å². The highest BCUT2D eigenvalue weighted by Gasteiger charge is 2.02. The second-order valence-electron chi connectivity index (χ2n) is 7.57. The zero-order chi connectivity index (χ0) is 20.0. The van der Waals surface area contributed by atoms with Crippen molar-refractivity contribution < 1.29 is 4.21 Å². The molecule has 0 spiro atoms. The van der Waals surface area contributed by atoms with Crippen LogP contribution in [0.2, 0.25) is 0 Å². The first-order valence-electron chi connectivity index (χ1n) is 10.7. The van der Waals surface area contributed by atoms with Gasteiger partial charge < -0.3 is 11.5 Å². The van der Waals surface area contributed by atoms with Crippen LogP contribution in [0.15, 0.2) is 48.5 Å². The molecule has 0 fully saturated rings. The summed E-state index contributed by atoms with van der Waals surface area (Å²) in [5.74, 6) is 1.71. The lowest BCUT2D eigenvalue weighted by molar-refractivity contribution is 0.643. The van der Waals surface area contributed by atoms with Crippen LogP contribution in [-0.2, 0) is 23.6 Å². The summed E-state index contributed by atoms with van der Waals surface area (Å²) in [5.41, 5.74) is 16.2. The van der Waals surface area contributed by atoms with Gasteiger partial charge in [0.25, 0.3) is 0 Å². The van der Waals surface area contributed by atoms with Gasteiger partial charge in [-0.2, -0.15) is 0 Å². The van der Waals surface area contributed by atoms with E-state index in [-0.39, 0.29) is 0 Å². The van der Waals surface area contributed by atoms with Crippen LogP contribution in [-0.4, -0.2) is 15.7 Å². The van der Waals surface area contributed by atoms with Crippen molar-refractivity contribution in [2.75, 3.05) is 23.0 Å². The van der Waals surface area contributed by atoms with Crippen LogP contribution in [0.3, 0.4) is 0 Å². The van der Waals surface area contributed by atoms with E-state index in [4.69, 9.17) is 11.5 Å². The van der Waals surface area contributed by atoms with Crippen LogP contribution in [0, 0.1) is 0 Å². The van der Waals surface area contributed by atoms with E-state index in [2.05, 4.69) is 12.1 Å². The number of nitrogen functional groups attached to an aromatic ring is 2. The first kappa shape index (κ1) is 22.5. The number of rotatable bonds is 14. The quantitative estimate of drug-likeness (QED) is 0.325. The Balaban J connectivity index is 1.42. The maximum atomic E-state index is 12.1. The second kappa shape index (κ2) is 13.4. The van der Waals surface area contributed by atoms with Crippen LogP contribution in [0.4, 0.5) is 11.4 Å². The second-order valence-corrected chi connectivity index (χ2v) is 9.27. The lowest BCUT2D eigenvalue weighted by Gasteiger charge is -2.06. The van der Waals surface area contributed by atoms with E-state index in [0.717, 1.165) is 74.2 Å². The summed E-state index contributed by atoms with van der Waals surface area (Å²) >= 11 is 0. The molecule has 28 heavy (non-hydrogen) atoms. The lowest BCUT2D eigenvalue weighted by atomic mass is 10.0. The molecule has 0 atom stereocenters. The predicted molar refractivity (Wildman–Crippen MR) is 124 cm³/mol. The molecule has 0 aromatic heterocycles. The first-order valence-corrected chi connectivity index (χ1v) is 12.2. The molecule has 4 heteroatoms. The molecule has 0 amide bonds. The molecule has 2 rings (SSSR count). The molecule has 0 saturated carbocycles. The van der Waals surface area contributed by atoms with Gasteiger partial charge in [-0.15, -0.1) is 0 Å². The zero-order valence-electron chi connectivity index (χ0n) is 17.1. The summed E-state index contributed by atoms with van der Waals surface area (Å²) in [4.78, 5) is 0. The molecule has 3 nitrogen and oxygen atoms in total. The zero-order valence-corrected chi connectivity index (χ0v) is 17.9. The lowest BCUT2D eigenvalue weighted by Crippen LogP contribution is -2.03. The average Bonchev–Trinajstić information content (AvgIpc) is 2.70. The van der Waals surface area contributed by atoms with Crippen LogP contribution in [0.25, 0.3) is 0 Å². The molecule has 0 aliphatic heterocycles. The molecule has 0 aliphatic carbocycles. The van der Waals surface area contributed by atoms with Crippen LogP contribution >= 0.6 is 0 Å². The molecule has 0 bridgehead atoms. The van der Waals surface area contributed by atoms with Crippen molar-refractivity contribution in [1.29, 1.82) is 0 Å². The molecule has 2 aromatic rings. The Hall–Kier alpha value is -1.81. The van der Waals surface area contributed by atoms with E-state index in [1.807, 2.05) is 36.4 Å². The number of aryl methyl sites for hydroxylation is 2. The van der Waals surface area contributed by atoms with E-state index in [0.29, 0.717) is 0 Å². The van der Waals surface area contributed by atoms with Gasteiger partial charge in [0.1, 0.15) is 0 Å². The fourth-order valence-corrected chi connectivity index (χ4v) is 4.75. The third-order valence-electron chi connectivity index (χ3n) is 5.25. The van der Waals surface area contributed by atoms with Crippen molar-refractivity contribution in [2.45, 2.75) is 64.2 Å². The topological polar surface area (TPSA) is 69.1 Å². The van der Waals surface area contributed by atoms with Gasteiger partial charge in [-0.05, 0) is 61.8 Å². The van der Waals surface area contributed by atoms with Gasteiger partial charge in [-0.3, -0.25) is 4.21 Å². The summed E-state index contributed by atoms with van der Waals surface area (Å²) in [6.45, 7) is 0. The number of para-hydroxylation sites is 2. The third kappa shape index (κ3) is 8.92. The van der Waals surface area contributed by atoms with Crippen LogP contribution in [0.1, 0.15) is 62.5 Å². The van der Waals surface area contributed by atoms with E-state index in [1.54, 1.807) is 0 Å². The Kier molecular flexibility index (Phi) is 10.7. The van der Waals surface area contributed by atoms with Crippen molar-refractivity contribution in [2.24, 2.45) is 0 Å². The minimum atomic E-state index is -0.650. The number of benzene rings is 2. The Morgan fingerprint density at radius 1 is 0.571 bits per heavy atom. The molecular weight excluding hydrogens is 364 g/mol. The highest BCUT2D eigenvalue weighted by molar-refractivity contribution is 7.84. The fourth-order valence-electron chi connectivity index (χ4n) is 3.49. The van der Waals surface area contributed by atoms with Gasteiger partial charge in [0, 0.05) is 33.7 Å². The smallest absolute Gasteiger partial charge is 0.0346 e. The minimum Gasteiger partial charge on any atom is -0.399 e. The number of hydrogen-bond acceptors (Lipinski definition) is 3. The van der Waals surface area contributed by atoms with Crippen molar-refractivity contribution in [1.82, 2.24) is 0 Å². The average molecular weight is 401 g/mol. The number of anilines is 2. The summed E-state index contributed by atoms with van der Waals surface area (Å²) in [6.07, 6.45) is 11.3. The molecule has 0 aliphatic rings. The number of nitrogens with two attached hydrogens (primary N) is 2. The maximum absolute atomic E-state index is 12.1. The SMILES string of the molecule is Nc1ccccc1CCCCCCS(=O)CCCCCCc1ccccc1N. The van der Waals surface area contributed by atoms with Crippen molar-refractivity contribution >= 4 is 22.2 Å². The monoisotopic (exact) mass is 400 g/mol. The Bertz CT molecular complexity index is 658. The molecular formula is C24H36N2OS. The largest absolute Gasteiger partial charge is 0.399 e. The maximum Gasteiger partial charge on any atom is 0.0346 e. The van der Waals surface area contributed by atoms with E-state index < -0.39 is 10.8 Å². The predicted octanol–water partition coefficient (Wildman–Crippen LogP) is 5.51. The minimum absolute atomic E-state index is 0.650. The Labute approximate surface area is 173 Å². The fraction of sp³-hybridized carbons (Fsp3) is 0.500. The third-order valence-corrected chi connectivity index (χ3v) is 6.73. The highest BCUT2D eigenvalue weighted by Crippen LogP contribution is 2.16. The van der Waals surface area contributed by atoms with Crippen molar-refractivity contribution in [3.05, 3.63) is 59.7 Å². The summed E-state index contributed by atoms with van der Waals surface area (Å²) < 4.78 is 12.1. The standard InChI is InChI=1S/C24H36N2OS/c25-23-17-9-7-15-21(23)13-5-1-3-11-19-28(27)20-12-4-2-6-14-22-16-8-10-18-24(22)26/h7-10,15-18H,1-6,11-14,19-20,25-26H2. The molecule has 0 saturated heterocycles. The molecule has 0 unspecified atom stereocenters. The van der Waals surface area contributed by atoms with Crippen molar-refractivity contribution in [3.63, 3.8) is 0 Å². The van der Waals surface area contributed by atoms with E-state index >= 15 is 0 Å². The van der Waals surface area contributed by atoms with Gasteiger partial charge in [0.2, 0.25) is 0 Å². The van der Waals surface area contributed by atoms with E-state index in [1.165, 1.54) is 24.0 Å². The van der Waals surface area contributed by atoms with Gasteiger partial charge >= 0.3 is 0 Å². The summed E-state index contributed by atoms with van der Waals surface area (Å²) in [6, 6.07) is 16.2. The molecule has 0 heterocycles. The van der Waals surface area contributed by atoms with Crippen molar-refractivity contribution in [3.8, 4) is 0 Å². The van der Waals surface area contributed by atoms with Crippen LogP contribution < -0.4 is 11.5 Å². The number of unbranched alkanes of at least 4 members (excludes halogenated alkanes) is 6. The van der Waals surface area contributed by atoms with Gasteiger partial charge in [0.05, 0.1) is 0 Å². The van der Waals surface area contributed by atoms with Gasteiger partial charge in [0.15, 0.2) is 0 Å². The molecule has 154 valence electrons.